The van der Waals surface area contributed by atoms with Crippen molar-refractivity contribution in [2.45, 2.75) is 13.0 Å². The van der Waals surface area contributed by atoms with Crippen LogP contribution >= 0.6 is 0 Å². The number of hydrogen-bond acceptors (Lipinski definition) is 4. The maximum atomic E-state index is 13.9. The third-order valence-corrected chi connectivity index (χ3v) is 2.84. The first-order valence-electron chi connectivity index (χ1n) is 6.15. The van der Waals surface area contributed by atoms with E-state index in [1.165, 1.54) is 18.3 Å². The number of ether oxygens (including phenoxy) is 1. The van der Waals surface area contributed by atoms with Crippen molar-refractivity contribution < 1.29 is 13.5 Å². The first kappa shape index (κ1) is 14.4. The number of rotatable bonds is 5. The molecule has 20 heavy (non-hydrogen) atoms. The fourth-order valence-corrected chi connectivity index (χ4v) is 1.95. The SMILES string of the molecule is CCOc1cncc(C(NN)c2cccc(F)c2F)c1. The van der Waals surface area contributed by atoms with Crippen LogP contribution in [0.3, 0.4) is 0 Å². The van der Waals surface area contributed by atoms with Crippen LogP contribution in [0.1, 0.15) is 24.1 Å². The molecule has 2 aromatic rings. The minimum atomic E-state index is -0.933. The molecule has 0 radical (unpaired) electrons. The first-order valence-corrected chi connectivity index (χ1v) is 6.15. The summed E-state index contributed by atoms with van der Waals surface area (Å²) in [5.41, 5.74) is 3.17. The second-order valence-electron chi connectivity index (χ2n) is 4.13. The van der Waals surface area contributed by atoms with E-state index in [-0.39, 0.29) is 5.56 Å². The summed E-state index contributed by atoms with van der Waals surface area (Å²) in [7, 11) is 0. The number of nitrogens with zero attached hydrogens (tertiary/aromatic N) is 1. The quantitative estimate of drug-likeness (QED) is 0.651. The third kappa shape index (κ3) is 2.92. The minimum absolute atomic E-state index is 0.114. The predicted molar refractivity (Wildman–Crippen MR) is 70.9 cm³/mol. The Kier molecular flexibility index (Phi) is 4.60. The number of aromatic nitrogens is 1. The number of halogens is 2. The Morgan fingerprint density at radius 2 is 2.15 bits per heavy atom. The Balaban J connectivity index is 2.41. The Morgan fingerprint density at radius 3 is 2.85 bits per heavy atom. The normalized spacial score (nSPS) is 12.2. The predicted octanol–water partition coefficient (Wildman–Crippen LogP) is 2.31. The van der Waals surface area contributed by atoms with E-state index in [4.69, 9.17) is 10.6 Å². The summed E-state index contributed by atoms with van der Waals surface area (Å²) in [4.78, 5) is 4.01. The summed E-state index contributed by atoms with van der Waals surface area (Å²) in [5.74, 6) is 4.16. The van der Waals surface area contributed by atoms with Crippen molar-refractivity contribution in [1.29, 1.82) is 0 Å². The van der Waals surface area contributed by atoms with Crippen LogP contribution in [-0.2, 0) is 0 Å². The van der Waals surface area contributed by atoms with Gasteiger partial charge < -0.3 is 4.74 Å². The molecular weight excluding hydrogens is 264 g/mol. The molecular formula is C14H15F2N3O. The van der Waals surface area contributed by atoms with Crippen LogP contribution < -0.4 is 16.0 Å². The van der Waals surface area contributed by atoms with Gasteiger partial charge in [0.15, 0.2) is 11.6 Å². The zero-order valence-corrected chi connectivity index (χ0v) is 10.9. The number of nitrogens with two attached hydrogens (primary N) is 1. The van der Waals surface area contributed by atoms with Crippen molar-refractivity contribution >= 4 is 0 Å². The number of benzene rings is 1. The van der Waals surface area contributed by atoms with Crippen LogP contribution in [0.25, 0.3) is 0 Å². The zero-order valence-electron chi connectivity index (χ0n) is 10.9. The summed E-state index contributed by atoms with van der Waals surface area (Å²) >= 11 is 0. The standard InChI is InChI=1S/C14H15F2N3O/c1-2-20-10-6-9(7-18-8-10)14(19-17)11-4-3-5-12(15)13(11)16/h3-8,14,19H,2,17H2,1H3. The largest absolute Gasteiger partial charge is 0.492 e. The summed E-state index contributed by atoms with van der Waals surface area (Å²) in [6.07, 6.45) is 3.07. The van der Waals surface area contributed by atoms with E-state index in [1.54, 1.807) is 12.3 Å². The molecule has 0 aliphatic rings. The molecule has 1 aromatic carbocycles. The molecule has 6 heteroatoms. The van der Waals surface area contributed by atoms with E-state index in [9.17, 15) is 8.78 Å². The van der Waals surface area contributed by atoms with Crippen LogP contribution in [0, 0.1) is 11.6 Å². The average Bonchev–Trinajstić information content (AvgIpc) is 2.45. The van der Waals surface area contributed by atoms with Gasteiger partial charge in [0.05, 0.1) is 18.8 Å². The van der Waals surface area contributed by atoms with Crippen LogP contribution in [0.2, 0.25) is 0 Å². The van der Waals surface area contributed by atoms with E-state index >= 15 is 0 Å². The first-order chi connectivity index (χ1) is 9.67. The zero-order chi connectivity index (χ0) is 14.5. The van der Waals surface area contributed by atoms with Gasteiger partial charge in [0, 0.05) is 11.8 Å². The Labute approximate surface area is 115 Å². The Hall–Kier alpha value is -2.05. The average molecular weight is 279 g/mol. The minimum Gasteiger partial charge on any atom is -0.492 e. The molecule has 3 N–H and O–H groups in total. The lowest BCUT2D eigenvalue weighted by atomic mass is 10.00. The van der Waals surface area contributed by atoms with Gasteiger partial charge >= 0.3 is 0 Å². The lowest BCUT2D eigenvalue weighted by Crippen LogP contribution is -2.29. The number of hydrogen-bond donors (Lipinski definition) is 2. The van der Waals surface area contributed by atoms with Crippen molar-refractivity contribution in [2.24, 2.45) is 5.84 Å². The highest BCUT2D eigenvalue weighted by Crippen LogP contribution is 2.26. The van der Waals surface area contributed by atoms with Crippen molar-refractivity contribution in [3.8, 4) is 5.75 Å². The second kappa shape index (κ2) is 6.40. The van der Waals surface area contributed by atoms with E-state index < -0.39 is 17.7 Å². The molecule has 0 aliphatic heterocycles. The van der Waals surface area contributed by atoms with Crippen LogP contribution in [0.15, 0.2) is 36.7 Å². The highest BCUT2D eigenvalue weighted by atomic mass is 19.2. The molecule has 1 atom stereocenters. The van der Waals surface area contributed by atoms with E-state index in [0.717, 1.165) is 6.07 Å². The molecule has 0 spiro atoms. The number of pyridine rings is 1. The Morgan fingerprint density at radius 1 is 1.35 bits per heavy atom. The lowest BCUT2D eigenvalue weighted by Gasteiger charge is -2.18. The molecule has 0 fully saturated rings. The van der Waals surface area contributed by atoms with Crippen molar-refractivity contribution in [2.75, 3.05) is 6.61 Å². The van der Waals surface area contributed by atoms with Crippen molar-refractivity contribution in [3.05, 3.63) is 59.4 Å². The highest BCUT2D eigenvalue weighted by molar-refractivity contribution is 5.35. The molecule has 4 nitrogen and oxygen atoms in total. The monoisotopic (exact) mass is 279 g/mol. The molecule has 106 valence electrons. The molecule has 2 rings (SSSR count). The molecule has 0 saturated heterocycles. The summed E-state index contributed by atoms with van der Waals surface area (Å²) in [5, 5.41) is 0. The maximum Gasteiger partial charge on any atom is 0.163 e. The maximum absolute atomic E-state index is 13.9. The fraction of sp³-hybridized carbons (Fsp3) is 0.214. The molecule has 1 unspecified atom stereocenters. The van der Waals surface area contributed by atoms with Gasteiger partial charge in [-0.1, -0.05) is 12.1 Å². The van der Waals surface area contributed by atoms with Crippen molar-refractivity contribution in [1.82, 2.24) is 10.4 Å². The van der Waals surface area contributed by atoms with Gasteiger partial charge in [-0.3, -0.25) is 10.8 Å². The van der Waals surface area contributed by atoms with Crippen LogP contribution in [0.5, 0.6) is 5.75 Å². The fourth-order valence-electron chi connectivity index (χ4n) is 1.95. The van der Waals surface area contributed by atoms with Crippen LogP contribution in [0.4, 0.5) is 8.78 Å². The van der Waals surface area contributed by atoms with E-state index in [2.05, 4.69) is 10.4 Å². The highest BCUT2D eigenvalue weighted by Gasteiger charge is 2.19. The van der Waals surface area contributed by atoms with Gasteiger partial charge in [-0.2, -0.15) is 0 Å². The summed E-state index contributed by atoms with van der Waals surface area (Å²) in [6, 6.07) is 4.93. The molecule has 0 bridgehead atoms. The van der Waals surface area contributed by atoms with E-state index in [1.807, 2.05) is 6.92 Å². The van der Waals surface area contributed by atoms with E-state index in [0.29, 0.717) is 17.9 Å². The van der Waals surface area contributed by atoms with Crippen molar-refractivity contribution in [3.63, 3.8) is 0 Å². The van der Waals surface area contributed by atoms with Crippen LogP contribution in [-0.4, -0.2) is 11.6 Å². The molecule has 1 aromatic heterocycles. The van der Waals surface area contributed by atoms with Gasteiger partial charge in [0.1, 0.15) is 5.75 Å². The van der Waals surface area contributed by atoms with Gasteiger partial charge in [0.25, 0.3) is 0 Å². The number of hydrazine groups is 1. The van der Waals surface area contributed by atoms with Gasteiger partial charge in [-0.25, -0.2) is 14.2 Å². The molecule has 0 aliphatic carbocycles. The smallest absolute Gasteiger partial charge is 0.163 e. The molecule has 0 saturated carbocycles. The summed E-state index contributed by atoms with van der Waals surface area (Å²) < 4.78 is 32.5. The van der Waals surface area contributed by atoms with Gasteiger partial charge in [0.2, 0.25) is 0 Å². The Bertz CT molecular complexity index is 592. The second-order valence-corrected chi connectivity index (χ2v) is 4.13. The third-order valence-electron chi connectivity index (χ3n) is 2.84. The molecule has 1 heterocycles. The number of nitrogens with one attached hydrogen (secondary N) is 1. The topological polar surface area (TPSA) is 60.2 Å². The van der Waals surface area contributed by atoms with Gasteiger partial charge in [-0.15, -0.1) is 0 Å². The lowest BCUT2D eigenvalue weighted by molar-refractivity contribution is 0.338. The van der Waals surface area contributed by atoms with Gasteiger partial charge in [-0.05, 0) is 24.6 Å². The summed E-state index contributed by atoms with van der Waals surface area (Å²) in [6.45, 7) is 2.33. The molecule has 0 amide bonds.